The lowest BCUT2D eigenvalue weighted by molar-refractivity contribution is -0.113. The average Bonchev–Trinajstić information content (AvgIpc) is 3.20. The van der Waals surface area contributed by atoms with Gasteiger partial charge in [0, 0.05) is 17.4 Å². The minimum atomic E-state index is -0.123. The first kappa shape index (κ1) is 19.4. The lowest BCUT2D eigenvalue weighted by atomic mass is 10.2. The zero-order chi connectivity index (χ0) is 19.6. The van der Waals surface area contributed by atoms with Crippen molar-refractivity contribution in [1.82, 2.24) is 14.5 Å². The molecule has 1 aliphatic carbocycles. The highest BCUT2D eigenvalue weighted by Gasteiger charge is 2.26. The molecule has 1 saturated carbocycles. The minimum absolute atomic E-state index is 0.123. The molecule has 27 heavy (non-hydrogen) atoms. The van der Waals surface area contributed by atoms with E-state index in [1.165, 1.54) is 24.6 Å². The number of nitriles is 1. The van der Waals surface area contributed by atoms with Gasteiger partial charge in [0.25, 0.3) is 0 Å². The van der Waals surface area contributed by atoms with Gasteiger partial charge in [0.05, 0.1) is 11.3 Å². The van der Waals surface area contributed by atoms with Gasteiger partial charge >= 0.3 is 0 Å². The maximum absolute atomic E-state index is 12.6. The van der Waals surface area contributed by atoms with Crippen molar-refractivity contribution in [1.29, 1.82) is 5.26 Å². The van der Waals surface area contributed by atoms with E-state index in [4.69, 9.17) is 0 Å². The molecule has 0 unspecified atom stereocenters. The summed E-state index contributed by atoms with van der Waals surface area (Å²) in [6.45, 7) is 7.75. The number of amides is 1. The fourth-order valence-corrected chi connectivity index (χ4v) is 4.57. The van der Waals surface area contributed by atoms with E-state index >= 15 is 0 Å². The van der Waals surface area contributed by atoms with E-state index in [1.807, 2.05) is 33.8 Å². The minimum Gasteiger partial charge on any atom is -0.327 e. The van der Waals surface area contributed by atoms with Crippen LogP contribution in [-0.4, -0.2) is 26.2 Å². The first-order valence-electron chi connectivity index (χ1n) is 9.27. The van der Waals surface area contributed by atoms with Gasteiger partial charge in [-0.05, 0) is 52.2 Å². The van der Waals surface area contributed by atoms with Gasteiger partial charge in [0.15, 0.2) is 0 Å². The Hall–Kier alpha value is -2.33. The van der Waals surface area contributed by atoms with Crippen LogP contribution in [0.2, 0.25) is 0 Å². The molecule has 2 heterocycles. The van der Waals surface area contributed by atoms with Crippen LogP contribution in [0.5, 0.6) is 0 Å². The number of aryl methyl sites for hydroxylation is 2. The van der Waals surface area contributed by atoms with Gasteiger partial charge in [-0.2, -0.15) is 5.26 Å². The predicted molar refractivity (Wildman–Crippen MR) is 107 cm³/mol. The number of carbonyl (C=O) groups excluding carboxylic acids is 1. The van der Waals surface area contributed by atoms with E-state index in [2.05, 4.69) is 25.9 Å². The number of carbonyl (C=O) groups is 1. The number of anilines is 1. The molecule has 1 N–H and O–H groups in total. The first-order chi connectivity index (χ1) is 12.9. The fraction of sp³-hybridized carbons (Fsp3) is 0.500. The van der Waals surface area contributed by atoms with E-state index in [1.54, 1.807) is 0 Å². The van der Waals surface area contributed by atoms with Gasteiger partial charge in [-0.25, -0.2) is 9.97 Å². The number of hydrogen-bond donors (Lipinski definition) is 1. The Morgan fingerprint density at radius 3 is 2.63 bits per heavy atom. The third-order valence-corrected chi connectivity index (χ3v) is 6.02. The predicted octanol–water partition coefficient (Wildman–Crippen LogP) is 4.23. The zero-order valence-corrected chi connectivity index (χ0v) is 17.1. The molecule has 0 spiro atoms. The molecule has 0 bridgehead atoms. The van der Waals surface area contributed by atoms with Crippen LogP contribution in [0.25, 0.3) is 0 Å². The smallest absolute Gasteiger partial charge is 0.235 e. The number of nitrogens with zero attached hydrogens (tertiary/aromatic N) is 4. The van der Waals surface area contributed by atoms with Crippen LogP contribution in [0.4, 0.5) is 5.82 Å². The Kier molecular flexibility index (Phi) is 5.85. The van der Waals surface area contributed by atoms with E-state index in [0.29, 0.717) is 23.2 Å². The molecule has 1 fully saturated rings. The largest absolute Gasteiger partial charge is 0.327 e. The molecule has 0 radical (unpaired) electrons. The summed E-state index contributed by atoms with van der Waals surface area (Å²) in [5.74, 6) is 1.47. The second kappa shape index (κ2) is 8.13. The molecule has 7 heteroatoms. The quantitative estimate of drug-likeness (QED) is 0.617. The maximum atomic E-state index is 12.6. The molecule has 0 aliphatic heterocycles. The molecule has 1 amide bonds. The molecule has 1 aliphatic rings. The number of thioether (sulfide) groups is 1. The van der Waals surface area contributed by atoms with Crippen molar-refractivity contribution in [2.75, 3.05) is 11.1 Å². The summed E-state index contributed by atoms with van der Waals surface area (Å²) in [5.41, 5.74) is 3.49. The lowest BCUT2D eigenvalue weighted by Crippen LogP contribution is -2.19. The van der Waals surface area contributed by atoms with Crippen molar-refractivity contribution in [3.05, 3.63) is 34.4 Å². The SMILES string of the molecule is Cc1cc(SCC(=O)Nc2c(C#N)c(C)c(C)n2C2CCCC2)nc(C)n1. The van der Waals surface area contributed by atoms with Crippen LogP contribution < -0.4 is 5.32 Å². The van der Waals surface area contributed by atoms with E-state index in [0.717, 1.165) is 34.8 Å². The van der Waals surface area contributed by atoms with Crippen molar-refractivity contribution in [2.24, 2.45) is 0 Å². The highest BCUT2D eigenvalue weighted by atomic mass is 32.2. The van der Waals surface area contributed by atoms with Crippen molar-refractivity contribution < 1.29 is 4.79 Å². The van der Waals surface area contributed by atoms with Gasteiger partial charge in [-0.3, -0.25) is 4.79 Å². The van der Waals surface area contributed by atoms with Crippen LogP contribution in [0.1, 0.15) is 60.1 Å². The summed E-state index contributed by atoms with van der Waals surface area (Å²) >= 11 is 1.38. The van der Waals surface area contributed by atoms with Crippen LogP contribution in [-0.2, 0) is 4.79 Å². The van der Waals surface area contributed by atoms with Gasteiger partial charge in [0.2, 0.25) is 5.91 Å². The molecular weight excluding hydrogens is 358 g/mol. The summed E-state index contributed by atoms with van der Waals surface area (Å²) in [7, 11) is 0. The first-order valence-corrected chi connectivity index (χ1v) is 10.3. The number of nitrogens with one attached hydrogen (secondary N) is 1. The highest BCUT2D eigenvalue weighted by molar-refractivity contribution is 7.99. The van der Waals surface area contributed by atoms with Crippen LogP contribution in [0.15, 0.2) is 11.1 Å². The Labute approximate surface area is 164 Å². The Balaban J connectivity index is 1.79. The number of hydrogen-bond acceptors (Lipinski definition) is 5. The van der Waals surface area contributed by atoms with Gasteiger partial charge in [0.1, 0.15) is 22.7 Å². The molecule has 142 valence electrons. The van der Waals surface area contributed by atoms with Gasteiger partial charge in [-0.15, -0.1) is 0 Å². The van der Waals surface area contributed by atoms with Gasteiger partial charge in [-0.1, -0.05) is 24.6 Å². The van der Waals surface area contributed by atoms with E-state index in [9.17, 15) is 10.1 Å². The second-order valence-corrected chi connectivity index (χ2v) is 8.08. The fourth-order valence-electron chi connectivity index (χ4n) is 3.77. The molecule has 3 rings (SSSR count). The Morgan fingerprint density at radius 2 is 2.00 bits per heavy atom. The summed E-state index contributed by atoms with van der Waals surface area (Å²) < 4.78 is 2.17. The maximum Gasteiger partial charge on any atom is 0.235 e. The topological polar surface area (TPSA) is 83.6 Å². The molecule has 2 aromatic rings. The third-order valence-electron chi connectivity index (χ3n) is 5.11. The molecule has 0 aromatic carbocycles. The van der Waals surface area contributed by atoms with E-state index in [-0.39, 0.29) is 11.7 Å². The molecule has 0 saturated heterocycles. The van der Waals surface area contributed by atoms with Crippen LogP contribution in [0, 0.1) is 39.0 Å². The van der Waals surface area contributed by atoms with Crippen molar-refractivity contribution >= 4 is 23.5 Å². The molecular formula is C20H25N5OS. The van der Waals surface area contributed by atoms with Crippen LogP contribution >= 0.6 is 11.8 Å². The van der Waals surface area contributed by atoms with Crippen molar-refractivity contribution in [3.63, 3.8) is 0 Å². The Morgan fingerprint density at radius 1 is 1.30 bits per heavy atom. The van der Waals surface area contributed by atoms with Gasteiger partial charge < -0.3 is 9.88 Å². The number of rotatable bonds is 5. The normalized spacial score (nSPS) is 14.3. The molecule has 0 atom stereocenters. The summed E-state index contributed by atoms with van der Waals surface area (Å²) in [6.07, 6.45) is 4.58. The average molecular weight is 384 g/mol. The third kappa shape index (κ3) is 4.16. The molecule has 6 nitrogen and oxygen atoms in total. The standard InChI is InChI=1S/C20H25N5OS/c1-12-9-19(23-15(4)22-12)27-11-18(26)24-20-17(10-21)13(2)14(3)25(20)16-7-5-6-8-16/h9,16H,5-8,11H2,1-4H3,(H,24,26). The Bertz CT molecular complexity index is 886. The van der Waals surface area contributed by atoms with E-state index < -0.39 is 0 Å². The summed E-state index contributed by atoms with van der Waals surface area (Å²) in [6, 6.07) is 4.52. The second-order valence-electron chi connectivity index (χ2n) is 7.09. The van der Waals surface area contributed by atoms with Crippen molar-refractivity contribution in [2.45, 2.75) is 64.4 Å². The highest BCUT2D eigenvalue weighted by Crippen LogP contribution is 2.37. The molecule has 2 aromatic heterocycles. The van der Waals surface area contributed by atoms with Crippen LogP contribution in [0.3, 0.4) is 0 Å². The summed E-state index contributed by atoms with van der Waals surface area (Å²) in [5, 5.41) is 13.4. The summed E-state index contributed by atoms with van der Waals surface area (Å²) in [4.78, 5) is 21.2. The number of aromatic nitrogens is 3. The van der Waals surface area contributed by atoms with Crippen molar-refractivity contribution in [3.8, 4) is 6.07 Å². The monoisotopic (exact) mass is 383 g/mol. The lowest BCUT2D eigenvalue weighted by Gasteiger charge is -2.19. The zero-order valence-electron chi connectivity index (χ0n) is 16.3.